The topological polar surface area (TPSA) is 80.0 Å². The van der Waals surface area contributed by atoms with E-state index in [0.717, 1.165) is 56.9 Å². The average molecular weight is 398 g/mol. The van der Waals surface area contributed by atoms with E-state index in [1.54, 1.807) is 6.26 Å². The standard InChI is InChI=1S/C24H30O5/c1-22-8-7-17-18(4-3-15-10-16(26)6-9-23(15,17)13-25)24(22)20(29-24)11-19(22)14-2-5-21(27)28-12-14/h2,5,12-13,15-20,26H,3-4,6-11H2,1H3/t15-,16-,17-,18+,19+,20+,22+,23+,24+/m0/s1. The van der Waals surface area contributed by atoms with E-state index in [2.05, 4.69) is 6.92 Å². The molecule has 9 atom stereocenters. The third-order valence-electron chi connectivity index (χ3n) is 9.97. The summed E-state index contributed by atoms with van der Waals surface area (Å²) in [6.45, 7) is 2.37. The van der Waals surface area contributed by atoms with E-state index in [0.29, 0.717) is 23.7 Å². The summed E-state index contributed by atoms with van der Waals surface area (Å²) in [6, 6.07) is 3.46. The number of ether oxygens (including phenoxy) is 1. The Morgan fingerprint density at radius 3 is 2.72 bits per heavy atom. The number of carbonyl (C=O) groups is 1. The average Bonchev–Trinajstić information content (AvgIpc) is 3.38. The maximum atomic E-state index is 12.5. The normalized spacial score (nSPS) is 52.6. The second-order valence-corrected chi connectivity index (χ2v) is 10.7. The summed E-state index contributed by atoms with van der Waals surface area (Å²) >= 11 is 0. The minimum absolute atomic E-state index is 0.0177. The predicted octanol–water partition coefficient (Wildman–Crippen LogP) is 3.44. The Morgan fingerprint density at radius 2 is 1.97 bits per heavy atom. The predicted molar refractivity (Wildman–Crippen MR) is 105 cm³/mol. The highest BCUT2D eigenvalue weighted by Gasteiger charge is 2.80. The Labute approximate surface area is 170 Å². The van der Waals surface area contributed by atoms with Gasteiger partial charge < -0.3 is 19.1 Å². The van der Waals surface area contributed by atoms with Gasteiger partial charge in [-0.25, -0.2) is 4.79 Å². The second-order valence-electron chi connectivity index (χ2n) is 10.7. The van der Waals surface area contributed by atoms with Crippen molar-refractivity contribution in [1.82, 2.24) is 0 Å². The van der Waals surface area contributed by atoms with E-state index in [-0.39, 0.29) is 34.3 Å². The van der Waals surface area contributed by atoms with Crippen molar-refractivity contribution in [1.29, 1.82) is 0 Å². The minimum Gasteiger partial charge on any atom is -0.431 e. The van der Waals surface area contributed by atoms with Crippen LogP contribution < -0.4 is 5.63 Å². The zero-order valence-corrected chi connectivity index (χ0v) is 17.0. The molecule has 5 fully saturated rings. The van der Waals surface area contributed by atoms with E-state index < -0.39 is 0 Å². The van der Waals surface area contributed by atoms with Gasteiger partial charge in [-0.15, -0.1) is 0 Å². The molecule has 0 amide bonds. The smallest absolute Gasteiger partial charge is 0.335 e. The maximum absolute atomic E-state index is 12.5. The van der Waals surface area contributed by atoms with Crippen molar-refractivity contribution < 1.29 is 19.1 Å². The third kappa shape index (κ3) is 2.13. The van der Waals surface area contributed by atoms with E-state index in [1.165, 1.54) is 12.4 Å². The summed E-state index contributed by atoms with van der Waals surface area (Å²) in [7, 11) is 0. The van der Waals surface area contributed by atoms with E-state index >= 15 is 0 Å². The molecule has 4 aliphatic carbocycles. The second kappa shape index (κ2) is 5.82. The lowest BCUT2D eigenvalue weighted by atomic mass is 9.44. The molecule has 0 unspecified atom stereocenters. The molecule has 156 valence electrons. The molecule has 1 spiro atoms. The highest BCUT2D eigenvalue weighted by molar-refractivity contribution is 5.62. The molecule has 1 aromatic rings. The SMILES string of the molecule is C[C@]12CC[C@H]3[C@@H](CC[C@H]4C[C@@H](O)CC[C@@]43C=O)[C@]13O[C@@H]3C[C@@H]2c1ccc(=O)oc1. The maximum Gasteiger partial charge on any atom is 0.335 e. The van der Waals surface area contributed by atoms with Gasteiger partial charge in [0.2, 0.25) is 0 Å². The number of hydrogen-bond donors (Lipinski definition) is 1. The fraction of sp³-hybridized carbons (Fsp3) is 0.750. The first kappa shape index (κ1) is 18.3. The van der Waals surface area contributed by atoms with Crippen molar-refractivity contribution in [2.45, 2.75) is 82.0 Å². The Kier molecular flexibility index (Phi) is 3.68. The summed E-state index contributed by atoms with van der Waals surface area (Å²) in [6.07, 6.45) is 10.5. The molecule has 4 saturated carbocycles. The Hall–Kier alpha value is -1.46. The van der Waals surface area contributed by atoms with Crippen LogP contribution in [0.5, 0.6) is 0 Å². The van der Waals surface area contributed by atoms with Crippen molar-refractivity contribution in [3.05, 3.63) is 34.4 Å². The molecule has 5 aliphatic rings. The van der Waals surface area contributed by atoms with Crippen LogP contribution in [0.15, 0.2) is 27.6 Å². The molecule has 0 bridgehead atoms. The van der Waals surface area contributed by atoms with Gasteiger partial charge >= 0.3 is 5.63 Å². The van der Waals surface area contributed by atoms with Crippen LogP contribution in [0.4, 0.5) is 0 Å². The number of aliphatic hydroxyl groups excluding tert-OH is 1. The molecular weight excluding hydrogens is 368 g/mol. The number of rotatable bonds is 2. The van der Waals surface area contributed by atoms with Gasteiger partial charge in [0.05, 0.1) is 18.5 Å². The summed E-state index contributed by atoms with van der Waals surface area (Å²) in [5.41, 5.74) is 0.423. The van der Waals surface area contributed by atoms with Crippen LogP contribution in [0.1, 0.15) is 69.8 Å². The zero-order valence-electron chi connectivity index (χ0n) is 17.0. The molecule has 29 heavy (non-hydrogen) atoms. The Morgan fingerprint density at radius 1 is 1.10 bits per heavy atom. The molecule has 2 heterocycles. The number of hydrogen-bond acceptors (Lipinski definition) is 5. The Balaban J connectivity index is 1.37. The first-order valence-corrected chi connectivity index (χ1v) is 11.4. The van der Waals surface area contributed by atoms with Crippen molar-refractivity contribution in [2.75, 3.05) is 0 Å². The first-order valence-electron chi connectivity index (χ1n) is 11.4. The lowest BCUT2D eigenvalue weighted by Gasteiger charge is -2.60. The molecule has 5 heteroatoms. The van der Waals surface area contributed by atoms with Crippen LogP contribution in [0.2, 0.25) is 0 Å². The quantitative estimate of drug-likeness (QED) is 0.610. The molecule has 6 rings (SSSR count). The van der Waals surface area contributed by atoms with Crippen LogP contribution in [-0.4, -0.2) is 29.2 Å². The van der Waals surface area contributed by atoms with Crippen LogP contribution in [0.25, 0.3) is 0 Å². The van der Waals surface area contributed by atoms with Crippen molar-refractivity contribution in [3.63, 3.8) is 0 Å². The lowest BCUT2D eigenvalue weighted by molar-refractivity contribution is -0.158. The number of aldehydes is 1. The van der Waals surface area contributed by atoms with Crippen molar-refractivity contribution in [3.8, 4) is 0 Å². The van der Waals surface area contributed by atoms with Gasteiger partial charge in [-0.05, 0) is 86.7 Å². The van der Waals surface area contributed by atoms with Crippen LogP contribution >= 0.6 is 0 Å². The van der Waals surface area contributed by atoms with Crippen LogP contribution in [0, 0.1) is 28.6 Å². The van der Waals surface area contributed by atoms with Gasteiger partial charge in [-0.3, -0.25) is 0 Å². The molecule has 1 N–H and O–H groups in total. The highest BCUT2D eigenvalue weighted by atomic mass is 16.6. The molecule has 1 aliphatic heterocycles. The largest absolute Gasteiger partial charge is 0.431 e. The zero-order chi connectivity index (χ0) is 20.0. The lowest BCUT2D eigenvalue weighted by Crippen LogP contribution is -2.59. The molecule has 0 radical (unpaired) electrons. The van der Waals surface area contributed by atoms with Crippen LogP contribution in [-0.2, 0) is 9.53 Å². The number of fused-ring (bicyclic) bond motifs is 3. The monoisotopic (exact) mass is 398 g/mol. The van der Waals surface area contributed by atoms with Gasteiger partial charge in [0, 0.05) is 16.9 Å². The van der Waals surface area contributed by atoms with Crippen molar-refractivity contribution >= 4 is 6.29 Å². The molecular formula is C24H30O5. The summed E-state index contributed by atoms with van der Waals surface area (Å²) < 4.78 is 11.7. The summed E-state index contributed by atoms with van der Waals surface area (Å²) in [4.78, 5) is 24.0. The van der Waals surface area contributed by atoms with Crippen molar-refractivity contribution in [2.24, 2.45) is 28.6 Å². The van der Waals surface area contributed by atoms with E-state index in [4.69, 9.17) is 9.15 Å². The van der Waals surface area contributed by atoms with Gasteiger partial charge in [-0.1, -0.05) is 6.92 Å². The fourth-order valence-corrected chi connectivity index (χ4v) is 8.66. The third-order valence-corrected chi connectivity index (χ3v) is 9.97. The highest BCUT2D eigenvalue weighted by Crippen LogP contribution is 2.77. The Bertz CT molecular complexity index is 888. The number of aliphatic hydroxyl groups is 1. The van der Waals surface area contributed by atoms with Gasteiger partial charge in [0.25, 0.3) is 0 Å². The molecule has 1 saturated heterocycles. The van der Waals surface area contributed by atoms with Gasteiger partial charge in [-0.2, -0.15) is 0 Å². The minimum atomic E-state index is -0.303. The van der Waals surface area contributed by atoms with E-state index in [1.807, 2.05) is 6.07 Å². The fourth-order valence-electron chi connectivity index (χ4n) is 8.66. The first-order chi connectivity index (χ1) is 13.9. The van der Waals surface area contributed by atoms with Gasteiger partial charge in [0.1, 0.15) is 11.9 Å². The summed E-state index contributed by atoms with van der Waals surface area (Å²) in [5.74, 6) is 1.45. The number of epoxide rings is 1. The molecule has 0 aromatic carbocycles. The van der Waals surface area contributed by atoms with Gasteiger partial charge in [0.15, 0.2) is 0 Å². The van der Waals surface area contributed by atoms with E-state index in [9.17, 15) is 14.7 Å². The number of carbonyl (C=O) groups excluding carboxylic acids is 1. The summed E-state index contributed by atoms with van der Waals surface area (Å²) in [5, 5.41) is 10.2. The van der Waals surface area contributed by atoms with Crippen LogP contribution in [0.3, 0.4) is 0 Å². The molecule has 5 nitrogen and oxygen atoms in total. The molecule has 1 aromatic heterocycles.